The molecule has 3 rings (SSSR count). The van der Waals surface area contributed by atoms with Crippen LogP contribution in [0.2, 0.25) is 0 Å². The number of aliphatic hydroxyl groups excluding tert-OH is 3. The molecule has 0 radical (unpaired) electrons. The molecule has 23 heavy (non-hydrogen) atoms. The van der Waals surface area contributed by atoms with Gasteiger partial charge in [-0.05, 0) is 12.2 Å². The summed E-state index contributed by atoms with van der Waals surface area (Å²) in [5.41, 5.74) is -1.50. The third kappa shape index (κ3) is 2.46. The lowest BCUT2D eigenvalue weighted by atomic mass is 10.1. The number of aliphatic hydroxyl groups is 3. The number of nitrogens with zero attached hydrogens (tertiary/aromatic N) is 2. The topological polar surface area (TPSA) is 121 Å². The van der Waals surface area contributed by atoms with E-state index in [1.807, 2.05) is 4.98 Å². The fourth-order valence-corrected chi connectivity index (χ4v) is 2.65. The molecule has 124 valence electrons. The van der Waals surface area contributed by atoms with E-state index in [9.17, 15) is 23.8 Å². The van der Waals surface area contributed by atoms with Gasteiger partial charge < -0.3 is 25.0 Å². The van der Waals surface area contributed by atoms with Crippen LogP contribution < -0.4 is 5.43 Å². The van der Waals surface area contributed by atoms with Crippen LogP contribution in [0, 0.1) is 16.5 Å². The van der Waals surface area contributed by atoms with Gasteiger partial charge in [0.05, 0.1) is 12.0 Å². The van der Waals surface area contributed by atoms with Gasteiger partial charge >= 0.3 is 0 Å². The van der Waals surface area contributed by atoms with Crippen molar-refractivity contribution in [2.45, 2.75) is 24.5 Å². The highest BCUT2D eigenvalue weighted by Gasteiger charge is 2.43. The Morgan fingerprint density at radius 2 is 2.09 bits per heavy atom. The lowest BCUT2D eigenvalue weighted by Crippen LogP contribution is -2.33. The highest BCUT2D eigenvalue weighted by molar-refractivity contribution is 7.71. The zero-order valence-corrected chi connectivity index (χ0v) is 12.1. The maximum absolute atomic E-state index is 13.4. The van der Waals surface area contributed by atoms with Crippen LogP contribution in [0.1, 0.15) is 6.23 Å². The maximum Gasteiger partial charge on any atom is 0.232 e. The molecule has 0 aromatic carbocycles. The van der Waals surface area contributed by atoms with Crippen molar-refractivity contribution in [2.24, 2.45) is 0 Å². The summed E-state index contributed by atoms with van der Waals surface area (Å²) in [5, 5.41) is 28.5. The van der Waals surface area contributed by atoms with Crippen molar-refractivity contribution in [3.63, 3.8) is 0 Å². The van der Waals surface area contributed by atoms with Crippen molar-refractivity contribution in [1.82, 2.24) is 14.5 Å². The van der Waals surface area contributed by atoms with Gasteiger partial charge in [0, 0.05) is 6.20 Å². The summed E-state index contributed by atoms with van der Waals surface area (Å²) in [7, 11) is 0. The molecular weight excluding hydrogens is 336 g/mol. The number of nitrogens with one attached hydrogen (secondary N) is 1. The summed E-state index contributed by atoms with van der Waals surface area (Å²) in [6, 6.07) is 0. The van der Waals surface area contributed by atoms with E-state index in [4.69, 9.17) is 22.1 Å². The molecule has 1 aliphatic rings. The molecule has 0 amide bonds. The van der Waals surface area contributed by atoms with Crippen LogP contribution in [0.3, 0.4) is 0 Å². The molecule has 0 spiro atoms. The van der Waals surface area contributed by atoms with Crippen LogP contribution in [0.5, 0.6) is 0 Å². The van der Waals surface area contributed by atoms with Crippen molar-refractivity contribution in [3.05, 3.63) is 33.0 Å². The molecule has 0 bridgehead atoms. The predicted molar refractivity (Wildman–Crippen MR) is 74.1 cm³/mol. The van der Waals surface area contributed by atoms with E-state index in [-0.39, 0.29) is 15.8 Å². The first-order valence-corrected chi connectivity index (χ1v) is 6.88. The van der Waals surface area contributed by atoms with E-state index >= 15 is 0 Å². The first-order chi connectivity index (χ1) is 10.8. The molecule has 1 saturated heterocycles. The van der Waals surface area contributed by atoms with Crippen molar-refractivity contribution in [2.75, 3.05) is 6.61 Å². The molecule has 1 aliphatic heterocycles. The number of ether oxygens (including phenoxy) is 1. The van der Waals surface area contributed by atoms with E-state index < -0.39 is 48.3 Å². The standard InChI is InChI=1S/C12H11F2N3O5S/c13-5-6(19)3-1-17(12(23)16-10(3)15-9(5)14)11-8(21)7(20)4(2-18)22-11/h1,4,7-8,11,18,20-21H,2H2,(H,15,16,23). The third-order valence-corrected chi connectivity index (χ3v) is 3.91. The van der Waals surface area contributed by atoms with Crippen LogP contribution in [0.25, 0.3) is 11.0 Å². The Hall–Kier alpha value is -1.79. The normalized spacial score (nSPS) is 27.7. The average Bonchev–Trinajstić information content (AvgIpc) is 2.80. The largest absolute Gasteiger partial charge is 0.394 e. The summed E-state index contributed by atoms with van der Waals surface area (Å²) >= 11 is 4.98. The monoisotopic (exact) mass is 347 g/mol. The van der Waals surface area contributed by atoms with Crippen molar-refractivity contribution < 1.29 is 28.8 Å². The lowest BCUT2D eigenvalue weighted by molar-refractivity contribution is -0.0538. The Morgan fingerprint density at radius 3 is 2.70 bits per heavy atom. The third-order valence-electron chi connectivity index (χ3n) is 3.61. The first-order valence-electron chi connectivity index (χ1n) is 6.47. The minimum atomic E-state index is -1.61. The minimum absolute atomic E-state index is 0.200. The first kappa shape index (κ1) is 16.1. The number of halogens is 2. The van der Waals surface area contributed by atoms with Gasteiger partial charge in [-0.15, -0.1) is 0 Å². The van der Waals surface area contributed by atoms with Gasteiger partial charge in [0.25, 0.3) is 0 Å². The Kier molecular flexibility index (Phi) is 3.98. The lowest BCUT2D eigenvalue weighted by Gasteiger charge is -2.18. The molecule has 4 unspecified atom stereocenters. The molecule has 0 aliphatic carbocycles. The van der Waals surface area contributed by atoms with Crippen LogP contribution in [-0.2, 0) is 4.74 Å². The van der Waals surface area contributed by atoms with Gasteiger partial charge in [-0.25, -0.2) is 4.98 Å². The van der Waals surface area contributed by atoms with Gasteiger partial charge in [-0.1, -0.05) is 0 Å². The summed E-state index contributed by atoms with van der Waals surface area (Å²) in [5.74, 6) is -3.07. The second kappa shape index (κ2) is 5.69. The summed E-state index contributed by atoms with van der Waals surface area (Å²) in [6.07, 6.45) is -4.09. The number of pyridine rings is 1. The Labute approximate surface area is 131 Å². The molecule has 4 N–H and O–H groups in total. The highest BCUT2D eigenvalue weighted by Crippen LogP contribution is 2.29. The van der Waals surface area contributed by atoms with Crippen LogP contribution in [0.4, 0.5) is 8.78 Å². The van der Waals surface area contributed by atoms with Crippen LogP contribution in [-0.4, -0.2) is 54.8 Å². The zero-order chi connectivity index (χ0) is 16.9. The van der Waals surface area contributed by atoms with Gasteiger partial charge in [0.2, 0.25) is 22.0 Å². The number of aromatic amines is 1. The van der Waals surface area contributed by atoms with Gasteiger partial charge in [0.1, 0.15) is 24.0 Å². The van der Waals surface area contributed by atoms with Gasteiger partial charge in [-0.2, -0.15) is 8.78 Å². The Bertz CT molecular complexity index is 885. The number of H-pyrrole nitrogens is 1. The van der Waals surface area contributed by atoms with E-state index in [0.717, 1.165) is 10.8 Å². The fraction of sp³-hybridized carbons (Fsp3) is 0.417. The Morgan fingerprint density at radius 1 is 1.39 bits per heavy atom. The summed E-state index contributed by atoms with van der Waals surface area (Å²) in [4.78, 5) is 17.5. The van der Waals surface area contributed by atoms with E-state index in [0.29, 0.717) is 0 Å². The average molecular weight is 347 g/mol. The SMILES string of the molecule is O=c1c(F)c(F)[nH]c2nc(=S)n(C3OC(CO)C(O)C3O)cc12. The minimum Gasteiger partial charge on any atom is -0.394 e. The second-order valence-electron chi connectivity index (χ2n) is 5.00. The van der Waals surface area contributed by atoms with Crippen LogP contribution in [0.15, 0.2) is 11.0 Å². The molecule has 2 aromatic rings. The van der Waals surface area contributed by atoms with E-state index in [1.165, 1.54) is 0 Å². The van der Waals surface area contributed by atoms with E-state index in [2.05, 4.69) is 4.98 Å². The Balaban J connectivity index is 2.18. The molecular formula is C12H11F2N3O5S. The molecule has 0 saturated carbocycles. The van der Waals surface area contributed by atoms with Crippen molar-refractivity contribution >= 4 is 23.3 Å². The number of fused-ring (bicyclic) bond motifs is 1. The number of hydrogen-bond acceptors (Lipinski definition) is 7. The molecule has 1 fully saturated rings. The molecule has 11 heteroatoms. The van der Waals surface area contributed by atoms with Gasteiger partial charge in [0.15, 0.2) is 6.23 Å². The second-order valence-corrected chi connectivity index (χ2v) is 5.37. The maximum atomic E-state index is 13.4. The zero-order valence-electron chi connectivity index (χ0n) is 11.3. The molecule has 4 atom stereocenters. The van der Waals surface area contributed by atoms with E-state index in [1.54, 1.807) is 0 Å². The quantitative estimate of drug-likeness (QED) is 0.421. The number of aromatic nitrogens is 3. The molecule has 8 nitrogen and oxygen atoms in total. The van der Waals surface area contributed by atoms with Gasteiger partial charge in [-0.3, -0.25) is 9.36 Å². The highest BCUT2D eigenvalue weighted by atomic mass is 32.1. The molecule has 3 heterocycles. The number of hydrogen-bond donors (Lipinski definition) is 4. The van der Waals surface area contributed by atoms with Crippen molar-refractivity contribution in [3.8, 4) is 0 Å². The fourth-order valence-electron chi connectivity index (χ4n) is 2.40. The summed E-state index contributed by atoms with van der Waals surface area (Å²) < 4.78 is 32.7. The smallest absolute Gasteiger partial charge is 0.232 e. The van der Waals surface area contributed by atoms with Crippen molar-refractivity contribution in [1.29, 1.82) is 0 Å². The summed E-state index contributed by atoms with van der Waals surface area (Å²) in [6.45, 7) is -0.552. The number of rotatable bonds is 2. The predicted octanol–water partition coefficient (Wildman–Crippen LogP) is -0.656. The molecule has 2 aromatic heterocycles. The van der Waals surface area contributed by atoms with Crippen LogP contribution >= 0.6 is 12.2 Å².